The van der Waals surface area contributed by atoms with Crippen molar-refractivity contribution in [2.24, 2.45) is 0 Å². The second-order valence-corrected chi connectivity index (χ2v) is 8.78. The van der Waals surface area contributed by atoms with Crippen LogP contribution < -0.4 is 4.72 Å². The van der Waals surface area contributed by atoms with E-state index in [0.29, 0.717) is 13.2 Å². The van der Waals surface area contributed by atoms with E-state index in [1.54, 1.807) is 0 Å². The van der Waals surface area contributed by atoms with Crippen molar-refractivity contribution in [2.75, 3.05) is 0 Å². The fourth-order valence-electron chi connectivity index (χ4n) is 2.56. The summed E-state index contributed by atoms with van der Waals surface area (Å²) in [5, 5.41) is 0. The molecule has 0 unspecified atom stereocenters. The fourth-order valence-corrected chi connectivity index (χ4v) is 4.63. The Morgan fingerprint density at radius 3 is 2.11 bits per heavy atom. The molecule has 0 aliphatic heterocycles. The highest BCUT2D eigenvalue weighted by Gasteiger charge is 2.17. The van der Waals surface area contributed by atoms with E-state index in [2.05, 4.69) is 20.7 Å². The van der Waals surface area contributed by atoms with Crippen LogP contribution in [0.15, 0.2) is 82.2 Å². The molecule has 146 valence electrons. The zero-order valence-electron chi connectivity index (χ0n) is 14.9. The third-order valence-corrected chi connectivity index (χ3v) is 6.43. The van der Waals surface area contributed by atoms with Crippen LogP contribution in [-0.2, 0) is 34.5 Å². The zero-order chi connectivity index (χ0) is 20.0. The van der Waals surface area contributed by atoms with Crippen molar-refractivity contribution >= 4 is 26.0 Å². The van der Waals surface area contributed by atoms with Crippen molar-refractivity contribution in [3.05, 3.63) is 99.8 Å². The summed E-state index contributed by atoms with van der Waals surface area (Å²) in [7, 11) is -3.75. The number of ether oxygens (including phenoxy) is 1. The Morgan fingerprint density at radius 1 is 0.857 bits per heavy atom. The van der Waals surface area contributed by atoms with Gasteiger partial charge in [-0.15, -0.1) is 0 Å². The van der Waals surface area contributed by atoms with Crippen LogP contribution in [0.25, 0.3) is 0 Å². The van der Waals surface area contributed by atoms with Gasteiger partial charge >= 0.3 is 0 Å². The average Bonchev–Trinajstić information content (AvgIpc) is 2.68. The van der Waals surface area contributed by atoms with Crippen LogP contribution in [0.4, 0.5) is 4.39 Å². The quantitative estimate of drug-likeness (QED) is 0.522. The molecule has 0 radical (unpaired) electrons. The lowest BCUT2D eigenvalue weighted by molar-refractivity contribution is 0.107. The van der Waals surface area contributed by atoms with Gasteiger partial charge in [-0.1, -0.05) is 54.6 Å². The Bertz CT molecular complexity index is 1030. The first-order chi connectivity index (χ1) is 13.4. The van der Waals surface area contributed by atoms with Gasteiger partial charge in [0.1, 0.15) is 5.82 Å². The van der Waals surface area contributed by atoms with Crippen LogP contribution in [0.3, 0.4) is 0 Å². The fraction of sp³-hybridized carbons (Fsp3) is 0.143. The minimum absolute atomic E-state index is 0.000155. The Labute approximate surface area is 172 Å². The smallest absolute Gasteiger partial charge is 0.241 e. The van der Waals surface area contributed by atoms with E-state index in [9.17, 15) is 12.8 Å². The second kappa shape index (κ2) is 9.43. The Balaban J connectivity index is 1.54. The predicted molar refractivity (Wildman–Crippen MR) is 110 cm³/mol. The molecule has 3 rings (SSSR count). The van der Waals surface area contributed by atoms with Crippen LogP contribution >= 0.6 is 15.9 Å². The Kier molecular flexibility index (Phi) is 6.96. The van der Waals surface area contributed by atoms with E-state index in [1.165, 1.54) is 6.07 Å². The molecule has 28 heavy (non-hydrogen) atoms. The number of halogens is 2. The third kappa shape index (κ3) is 5.72. The minimum atomic E-state index is -3.75. The lowest BCUT2D eigenvalue weighted by atomic mass is 10.1. The number of hydrogen-bond acceptors (Lipinski definition) is 3. The molecule has 4 nitrogen and oxygen atoms in total. The predicted octanol–water partition coefficient (Wildman–Crippen LogP) is 4.78. The molecule has 0 heterocycles. The van der Waals surface area contributed by atoms with Crippen LogP contribution in [0.2, 0.25) is 0 Å². The maximum absolute atomic E-state index is 13.2. The van der Waals surface area contributed by atoms with E-state index in [1.807, 2.05) is 54.6 Å². The van der Waals surface area contributed by atoms with Gasteiger partial charge in [0.15, 0.2) is 0 Å². The first-order valence-electron chi connectivity index (χ1n) is 8.58. The second-order valence-electron chi connectivity index (χ2n) is 6.19. The molecule has 3 aromatic carbocycles. The standard InChI is InChI=1S/C21H19BrFNO3S/c22-20-12-19(23)10-11-21(20)28(25,26)24-13-16-6-8-18(9-7-16)15-27-14-17-4-2-1-3-5-17/h1-12,24H,13-15H2. The summed E-state index contributed by atoms with van der Waals surface area (Å²) in [6, 6.07) is 20.9. The molecular weight excluding hydrogens is 445 g/mol. The molecule has 0 bridgehead atoms. The number of benzene rings is 3. The van der Waals surface area contributed by atoms with Crippen molar-refractivity contribution in [3.8, 4) is 0 Å². The summed E-state index contributed by atoms with van der Waals surface area (Å²) in [5.41, 5.74) is 2.93. The molecule has 0 saturated carbocycles. The van der Waals surface area contributed by atoms with E-state index >= 15 is 0 Å². The summed E-state index contributed by atoms with van der Waals surface area (Å²) >= 11 is 3.09. The van der Waals surface area contributed by atoms with Gasteiger partial charge in [-0.3, -0.25) is 0 Å². The highest BCUT2D eigenvalue weighted by molar-refractivity contribution is 9.10. The number of sulfonamides is 1. The summed E-state index contributed by atoms with van der Waals surface area (Å²) in [5.74, 6) is -0.504. The molecule has 3 aromatic rings. The molecular formula is C21H19BrFNO3S. The average molecular weight is 464 g/mol. The maximum atomic E-state index is 13.2. The summed E-state index contributed by atoms with van der Waals surface area (Å²) in [6.45, 7) is 1.15. The van der Waals surface area contributed by atoms with Crippen LogP contribution in [0.1, 0.15) is 16.7 Å². The topological polar surface area (TPSA) is 55.4 Å². The number of rotatable bonds is 8. The van der Waals surface area contributed by atoms with Gasteiger partial charge in [-0.05, 0) is 50.8 Å². The number of nitrogens with one attached hydrogen (secondary N) is 1. The van der Waals surface area contributed by atoms with Crippen molar-refractivity contribution in [1.29, 1.82) is 0 Å². The highest BCUT2D eigenvalue weighted by Crippen LogP contribution is 2.22. The SMILES string of the molecule is O=S(=O)(NCc1ccc(COCc2ccccc2)cc1)c1ccc(F)cc1Br. The maximum Gasteiger partial charge on any atom is 0.241 e. The Hall–Kier alpha value is -2.06. The molecule has 0 saturated heterocycles. The Morgan fingerprint density at radius 2 is 1.46 bits per heavy atom. The van der Waals surface area contributed by atoms with Crippen LogP contribution in [0.5, 0.6) is 0 Å². The monoisotopic (exact) mass is 463 g/mol. The number of hydrogen-bond donors (Lipinski definition) is 1. The summed E-state index contributed by atoms with van der Waals surface area (Å²) in [4.78, 5) is -0.000155. The largest absolute Gasteiger partial charge is 0.372 e. The van der Waals surface area contributed by atoms with Gasteiger partial charge < -0.3 is 4.74 Å². The van der Waals surface area contributed by atoms with Gasteiger partial charge in [-0.2, -0.15) is 0 Å². The highest BCUT2D eigenvalue weighted by atomic mass is 79.9. The van der Waals surface area contributed by atoms with Gasteiger partial charge in [0.25, 0.3) is 0 Å². The molecule has 0 aliphatic carbocycles. The zero-order valence-corrected chi connectivity index (χ0v) is 17.3. The van der Waals surface area contributed by atoms with Crippen molar-refractivity contribution in [3.63, 3.8) is 0 Å². The van der Waals surface area contributed by atoms with E-state index in [0.717, 1.165) is 28.8 Å². The lowest BCUT2D eigenvalue weighted by Crippen LogP contribution is -2.23. The third-order valence-electron chi connectivity index (χ3n) is 4.05. The first kappa shape index (κ1) is 20.7. The molecule has 0 fully saturated rings. The van der Waals surface area contributed by atoms with Crippen molar-refractivity contribution < 1.29 is 17.5 Å². The van der Waals surface area contributed by atoms with E-state index < -0.39 is 15.8 Å². The molecule has 0 amide bonds. The normalized spacial score (nSPS) is 11.5. The van der Waals surface area contributed by atoms with Crippen LogP contribution in [0, 0.1) is 5.82 Å². The lowest BCUT2D eigenvalue weighted by Gasteiger charge is -2.09. The van der Waals surface area contributed by atoms with Crippen molar-refractivity contribution in [2.45, 2.75) is 24.7 Å². The molecule has 0 aliphatic rings. The van der Waals surface area contributed by atoms with Crippen molar-refractivity contribution in [1.82, 2.24) is 4.72 Å². The summed E-state index contributed by atoms with van der Waals surface area (Å²) < 4.78 is 46.4. The molecule has 1 N–H and O–H groups in total. The van der Waals surface area contributed by atoms with E-state index in [4.69, 9.17) is 4.74 Å². The van der Waals surface area contributed by atoms with E-state index in [-0.39, 0.29) is 15.9 Å². The molecule has 0 aromatic heterocycles. The minimum Gasteiger partial charge on any atom is -0.372 e. The van der Waals surface area contributed by atoms with Gasteiger partial charge in [-0.25, -0.2) is 17.5 Å². The summed E-state index contributed by atoms with van der Waals surface area (Å²) in [6.07, 6.45) is 0. The first-order valence-corrected chi connectivity index (χ1v) is 10.9. The van der Waals surface area contributed by atoms with Crippen LogP contribution in [-0.4, -0.2) is 8.42 Å². The molecule has 0 atom stereocenters. The van der Waals surface area contributed by atoms with Gasteiger partial charge in [0.2, 0.25) is 10.0 Å². The molecule has 0 spiro atoms. The van der Waals surface area contributed by atoms with Gasteiger partial charge in [0, 0.05) is 11.0 Å². The molecule has 7 heteroatoms. The van der Waals surface area contributed by atoms with Gasteiger partial charge in [0.05, 0.1) is 18.1 Å².